The van der Waals surface area contributed by atoms with Crippen LogP contribution in [0, 0.1) is 0 Å². The number of para-hydroxylation sites is 1. The molecule has 0 saturated carbocycles. The van der Waals surface area contributed by atoms with Gasteiger partial charge in [-0.3, -0.25) is 9.29 Å². The summed E-state index contributed by atoms with van der Waals surface area (Å²) in [6.45, 7) is 2.52. The summed E-state index contributed by atoms with van der Waals surface area (Å²) in [7, 11) is 1.65. The predicted molar refractivity (Wildman–Crippen MR) is 124 cm³/mol. The average molecular weight is 477 g/mol. The number of anilines is 1. The Labute approximate surface area is 194 Å². The highest BCUT2D eigenvalue weighted by atomic mass is 35.5. The normalized spacial score (nSPS) is 17.7. The number of ether oxygens (including phenoxy) is 3. The van der Waals surface area contributed by atoms with E-state index >= 15 is 0 Å². The van der Waals surface area contributed by atoms with Crippen LogP contribution in [0.1, 0.15) is 42.5 Å². The fourth-order valence-electron chi connectivity index (χ4n) is 3.69. The Morgan fingerprint density at radius 1 is 1.19 bits per heavy atom. The molecule has 0 amide bonds. The first kappa shape index (κ1) is 22.6. The lowest BCUT2D eigenvalue weighted by Crippen LogP contribution is -2.17. The van der Waals surface area contributed by atoms with Crippen molar-refractivity contribution in [3.8, 4) is 17.2 Å². The van der Waals surface area contributed by atoms with Gasteiger partial charge in [0.1, 0.15) is 34.3 Å². The molecule has 3 atom stereocenters. The number of aromatic nitrogens is 3. The van der Waals surface area contributed by atoms with Crippen molar-refractivity contribution in [3.63, 3.8) is 0 Å². The van der Waals surface area contributed by atoms with Crippen molar-refractivity contribution in [2.24, 2.45) is 0 Å². The molecule has 3 aromatic rings. The van der Waals surface area contributed by atoms with Crippen LogP contribution in [0.5, 0.6) is 11.5 Å². The van der Waals surface area contributed by atoms with Crippen molar-refractivity contribution in [1.82, 2.24) is 14.8 Å². The molecule has 3 unspecified atom stereocenters. The maximum atomic E-state index is 13.2. The van der Waals surface area contributed by atoms with Gasteiger partial charge in [-0.1, -0.05) is 29.8 Å². The summed E-state index contributed by atoms with van der Waals surface area (Å²) in [5.74, 6) is 2.05. The standard InChI is InChI=1S/C22H25ClN4O4S/c1-14(15-7-4-8-16(23)13-15)32(28)26-22-25-24-21(19-11-6-12-31-19)27(22)20-17(29-2)9-5-10-18(20)30-3/h4-5,7-10,13-14,19H,6,11-12H2,1-3H3,(H,25,26). The van der Waals surface area contributed by atoms with E-state index in [9.17, 15) is 4.21 Å². The van der Waals surface area contributed by atoms with E-state index in [-0.39, 0.29) is 11.4 Å². The van der Waals surface area contributed by atoms with Crippen LogP contribution in [0.25, 0.3) is 5.69 Å². The van der Waals surface area contributed by atoms with E-state index in [2.05, 4.69) is 14.9 Å². The molecule has 2 heterocycles. The minimum Gasteiger partial charge on any atom is -0.494 e. The highest BCUT2D eigenvalue weighted by Crippen LogP contribution is 2.39. The Hall–Kier alpha value is -2.62. The molecule has 0 spiro atoms. The van der Waals surface area contributed by atoms with Crippen molar-refractivity contribution in [2.45, 2.75) is 31.1 Å². The number of nitrogens with zero attached hydrogens (tertiary/aromatic N) is 3. The first-order valence-corrected chi connectivity index (χ1v) is 11.8. The van der Waals surface area contributed by atoms with Gasteiger partial charge in [0, 0.05) is 11.6 Å². The van der Waals surface area contributed by atoms with Gasteiger partial charge in [0.25, 0.3) is 0 Å². The molecule has 1 fully saturated rings. The molecule has 2 aromatic carbocycles. The highest BCUT2D eigenvalue weighted by molar-refractivity contribution is 7.86. The monoisotopic (exact) mass is 476 g/mol. The minimum atomic E-state index is -1.52. The fraction of sp³-hybridized carbons (Fsp3) is 0.364. The van der Waals surface area contributed by atoms with Crippen molar-refractivity contribution in [1.29, 1.82) is 0 Å². The zero-order valence-corrected chi connectivity index (χ0v) is 19.7. The van der Waals surface area contributed by atoms with Crippen LogP contribution in [0.4, 0.5) is 5.95 Å². The lowest BCUT2D eigenvalue weighted by Gasteiger charge is -2.20. The Balaban J connectivity index is 1.76. The zero-order chi connectivity index (χ0) is 22.7. The maximum absolute atomic E-state index is 13.2. The summed E-state index contributed by atoms with van der Waals surface area (Å²) in [6.07, 6.45) is 1.52. The first-order chi connectivity index (χ1) is 15.5. The lowest BCUT2D eigenvalue weighted by molar-refractivity contribution is 0.103. The Kier molecular flexibility index (Phi) is 6.98. The van der Waals surface area contributed by atoms with Crippen LogP contribution in [0.3, 0.4) is 0 Å². The second-order valence-corrected chi connectivity index (χ2v) is 9.27. The molecule has 1 aromatic heterocycles. The van der Waals surface area contributed by atoms with E-state index in [0.29, 0.717) is 40.6 Å². The van der Waals surface area contributed by atoms with Crippen LogP contribution < -0.4 is 14.2 Å². The van der Waals surface area contributed by atoms with Gasteiger partial charge < -0.3 is 14.2 Å². The third-order valence-electron chi connectivity index (χ3n) is 5.36. The summed E-state index contributed by atoms with van der Waals surface area (Å²) in [6, 6.07) is 12.8. The van der Waals surface area contributed by atoms with Crippen LogP contribution in [0.15, 0.2) is 42.5 Å². The molecule has 1 aliphatic rings. The number of nitrogens with one attached hydrogen (secondary N) is 1. The van der Waals surface area contributed by atoms with Crippen LogP contribution in [0.2, 0.25) is 5.02 Å². The van der Waals surface area contributed by atoms with Gasteiger partial charge in [-0.25, -0.2) is 4.21 Å². The van der Waals surface area contributed by atoms with Gasteiger partial charge in [0.05, 0.1) is 19.5 Å². The molecule has 1 aliphatic heterocycles. The van der Waals surface area contributed by atoms with Crippen LogP contribution in [-0.4, -0.2) is 39.8 Å². The Morgan fingerprint density at radius 3 is 2.53 bits per heavy atom. The van der Waals surface area contributed by atoms with E-state index in [1.165, 1.54) is 0 Å². The molecular weight excluding hydrogens is 452 g/mol. The number of hydrogen-bond donors (Lipinski definition) is 1. The van der Waals surface area contributed by atoms with Crippen LogP contribution in [-0.2, 0) is 15.7 Å². The summed E-state index contributed by atoms with van der Waals surface area (Å²) < 4.78 is 35.1. The molecule has 4 rings (SSSR count). The van der Waals surface area contributed by atoms with Gasteiger partial charge in [-0.15, -0.1) is 10.2 Å². The number of rotatable bonds is 8. The van der Waals surface area contributed by atoms with E-state index in [1.807, 2.05) is 37.3 Å². The Bertz CT molecular complexity index is 1090. The van der Waals surface area contributed by atoms with Crippen molar-refractivity contribution in [3.05, 3.63) is 58.9 Å². The minimum absolute atomic E-state index is 0.230. The van der Waals surface area contributed by atoms with Gasteiger partial charge in [0.15, 0.2) is 5.82 Å². The Morgan fingerprint density at radius 2 is 1.91 bits per heavy atom. The summed E-state index contributed by atoms with van der Waals surface area (Å²) >= 11 is 6.11. The van der Waals surface area contributed by atoms with Crippen molar-refractivity contribution < 1.29 is 18.4 Å². The van der Waals surface area contributed by atoms with Crippen molar-refractivity contribution in [2.75, 3.05) is 25.5 Å². The smallest absolute Gasteiger partial charge is 0.241 e. The summed E-state index contributed by atoms with van der Waals surface area (Å²) in [5, 5.41) is 8.95. The SMILES string of the molecule is COc1cccc(OC)c1-n1c(NS(=O)C(C)c2cccc(Cl)c2)nnc1C1CCCO1. The van der Waals surface area contributed by atoms with Gasteiger partial charge in [-0.2, -0.15) is 0 Å². The summed E-state index contributed by atoms with van der Waals surface area (Å²) in [4.78, 5) is 0. The molecule has 8 nitrogen and oxygen atoms in total. The molecular formula is C22H25ClN4O4S. The molecule has 0 radical (unpaired) electrons. The molecule has 10 heteroatoms. The highest BCUT2D eigenvalue weighted by Gasteiger charge is 2.30. The second-order valence-electron chi connectivity index (χ2n) is 7.33. The fourth-order valence-corrected chi connectivity index (χ4v) is 4.77. The molecule has 0 aliphatic carbocycles. The quantitative estimate of drug-likeness (QED) is 0.510. The zero-order valence-electron chi connectivity index (χ0n) is 18.1. The maximum Gasteiger partial charge on any atom is 0.241 e. The topological polar surface area (TPSA) is 87.5 Å². The number of hydrogen-bond acceptors (Lipinski definition) is 6. The first-order valence-electron chi connectivity index (χ1n) is 10.2. The molecule has 1 N–H and O–H groups in total. The number of benzene rings is 2. The van der Waals surface area contributed by atoms with E-state index in [1.54, 1.807) is 30.9 Å². The molecule has 0 bridgehead atoms. The average Bonchev–Trinajstić information content (AvgIpc) is 3.47. The van der Waals surface area contributed by atoms with Gasteiger partial charge >= 0.3 is 0 Å². The largest absolute Gasteiger partial charge is 0.494 e. The predicted octanol–water partition coefficient (Wildman–Crippen LogP) is 4.63. The van der Waals surface area contributed by atoms with E-state index < -0.39 is 11.0 Å². The van der Waals surface area contributed by atoms with Crippen LogP contribution >= 0.6 is 11.6 Å². The third-order valence-corrected chi connectivity index (χ3v) is 6.90. The second kappa shape index (κ2) is 9.89. The van der Waals surface area contributed by atoms with E-state index in [4.69, 9.17) is 25.8 Å². The lowest BCUT2D eigenvalue weighted by atomic mass is 10.2. The number of methoxy groups -OCH3 is 2. The molecule has 32 heavy (non-hydrogen) atoms. The third kappa shape index (κ3) is 4.46. The molecule has 1 saturated heterocycles. The van der Waals surface area contributed by atoms with Gasteiger partial charge in [0.2, 0.25) is 5.95 Å². The summed E-state index contributed by atoms with van der Waals surface area (Å²) in [5.41, 5.74) is 1.46. The number of halogens is 1. The van der Waals surface area contributed by atoms with Gasteiger partial charge in [-0.05, 0) is 49.6 Å². The van der Waals surface area contributed by atoms with E-state index in [0.717, 1.165) is 18.4 Å². The van der Waals surface area contributed by atoms with Crippen molar-refractivity contribution >= 4 is 28.5 Å². The molecule has 170 valence electrons.